The zero-order valence-electron chi connectivity index (χ0n) is 33.7. The molecular formula is C32H50N7O19P3S. The number of imidazole rings is 1. The number of phosphoric ester groups is 3. The lowest BCUT2D eigenvalue weighted by molar-refractivity contribution is -0.137. The molecule has 26 nitrogen and oxygen atoms in total. The summed E-state index contributed by atoms with van der Waals surface area (Å²) in [6, 6.07) is 0. The van der Waals surface area contributed by atoms with Crippen molar-refractivity contribution >= 4 is 75.1 Å². The van der Waals surface area contributed by atoms with Gasteiger partial charge in [0.1, 0.15) is 36.3 Å². The molecule has 0 bridgehead atoms. The lowest BCUT2D eigenvalue weighted by Crippen LogP contribution is -2.46. The van der Waals surface area contributed by atoms with E-state index in [9.17, 15) is 62.7 Å². The van der Waals surface area contributed by atoms with Crippen molar-refractivity contribution < 1.29 is 90.4 Å². The first-order valence-electron chi connectivity index (χ1n) is 18.3. The maximum Gasteiger partial charge on any atom is 0.481 e. The number of nitrogens with zero attached hydrogens (tertiary/aromatic N) is 4. The minimum atomic E-state index is -5.60. The first-order valence-corrected chi connectivity index (χ1v) is 23.8. The fourth-order valence-electron chi connectivity index (χ4n) is 5.44. The molecule has 1 fully saturated rings. The van der Waals surface area contributed by atoms with Gasteiger partial charge in [0.05, 0.1) is 26.0 Å². The summed E-state index contributed by atoms with van der Waals surface area (Å²) in [6.45, 7) is 4.01. The van der Waals surface area contributed by atoms with Crippen LogP contribution >= 0.6 is 35.2 Å². The molecule has 0 aromatic carbocycles. The number of nitrogen functional groups attached to an aromatic ring is 1. The van der Waals surface area contributed by atoms with Gasteiger partial charge in [0, 0.05) is 30.7 Å². The Morgan fingerprint density at radius 3 is 2.35 bits per heavy atom. The standard InChI is InChI=1S/C32H50N7O19P3S/c1-18(2)6-5-7-19(12-22(41)42)13-23(43)62-11-10-34-21(40)8-9-35-30(46)27(45)32(3,4)15-55-61(52,53)58-60(50,51)54-14-20-26(57-59(47,48)49)25(44)31(56-20)39-17-38-24-28(33)36-16-37-29(24)39/h6,13,16-17,20,25-27,31,44-45H,5,7-12,14-15H2,1-4H3,(H,34,40)(H,35,46)(H,41,42)(H,50,51)(H,52,53)(H2,33,36,37)(H2,47,48,49)/b19-13-/t20-,25-,26-,27+,31-/m1/s1. The van der Waals surface area contributed by atoms with E-state index in [-0.39, 0.29) is 53.8 Å². The molecule has 2 aromatic heterocycles. The summed E-state index contributed by atoms with van der Waals surface area (Å²) in [6.07, 6.45) is -3.18. The van der Waals surface area contributed by atoms with Crippen LogP contribution in [0, 0.1) is 5.41 Å². The number of aliphatic carboxylic acids is 1. The van der Waals surface area contributed by atoms with Crippen LogP contribution in [0.25, 0.3) is 11.2 Å². The van der Waals surface area contributed by atoms with E-state index < -0.39 is 90.5 Å². The summed E-state index contributed by atoms with van der Waals surface area (Å²) < 4.78 is 62.2. The number of rotatable bonds is 25. The number of aliphatic hydroxyl groups excluding tert-OH is 2. The van der Waals surface area contributed by atoms with Gasteiger partial charge in [0.2, 0.25) is 16.9 Å². The molecule has 7 atom stereocenters. The number of carbonyl (C=O) groups is 4. The van der Waals surface area contributed by atoms with Crippen molar-refractivity contribution in [2.24, 2.45) is 5.41 Å². The molecule has 1 aliphatic heterocycles. The summed E-state index contributed by atoms with van der Waals surface area (Å²) in [4.78, 5) is 99.4. The van der Waals surface area contributed by atoms with Crippen molar-refractivity contribution in [1.29, 1.82) is 0 Å². The number of nitrogens with two attached hydrogens (primary N) is 1. The Labute approximate surface area is 358 Å². The molecule has 348 valence electrons. The molecule has 1 aliphatic rings. The quantitative estimate of drug-likeness (QED) is 0.0285. The maximum absolute atomic E-state index is 12.7. The predicted molar refractivity (Wildman–Crippen MR) is 216 cm³/mol. The van der Waals surface area contributed by atoms with Crippen molar-refractivity contribution in [3.05, 3.63) is 36.0 Å². The van der Waals surface area contributed by atoms with Crippen LogP contribution in [0.3, 0.4) is 0 Å². The average molecular weight is 962 g/mol. The highest BCUT2D eigenvalue weighted by Gasteiger charge is 2.50. The number of fused-ring (bicyclic) bond motifs is 1. The fourth-order valence-corrected chi connectivity index (χ4v) is 8.93. The number of aromatic nitrogens is 4. The average Bonchev–Trinajstić information content (AvgIpc) is 3.71. The minimum absolute atomic E-state index is 0.0191. The Bertz CT molecular complexity index is 2130. The number of carbonyl (C=O) groups excluding carboxylic acids is 3. The molecule has 3 heterocycles. The Balaban J connectivity index is 1.45. The summed E-state index contributed by atoms with van der Waals surface area (Å²) in [7, 11) is -16.5. The van der Waals surface area contributed by atoms with E-state index in [1.54, 1.807) is 0 Å². The Morgan fingerprint density at radius 1 is 1.03 bits per heavy atom. The second kappa shape index (κ2) is 22.9. The van der Waals surface area contributed by atoms with Crippen molar-refractivity contribution in [3.63, 3.8) is 0 Å². The second-order valence-corrected chi connectivity index (χ2v) is 19.8. The van der Waals surface area contributed by atoms with Gasteiger partial charge in [-0.25, -0.2) is 28.6 Å². The molecule has 62 heavy (non-hydrogen) atoms. The van der Waals surface area contributed by atoms with E-state index in [2.05, 4.69) is 34.4 Å². The molecule has 2 unspecified atom stereocenters. The normalized spacial score (nSPS) is 20.8. The fraction of sp³-hybridized carbons (Fsp3) is 0.594. The topological polar surface area (TPSA) is 401 Å². The van der Waals surface area contributed by atoms with Crippen molar-refractivity contribution in [2.75, 3.05) is 37.8 Å². The number of carboxylic acid groups (broad SMARTS) is 1. The molecule has 0 saturated carbocycles. The summed E-state index contributed by atoms with van der Waals surface area (Å²) in [5.74, 6) is -2.47. The number of hydrogen-bond donors (Lipinski definition) is 10. The number of phosphoric acid groups is 3. The lowest BCUT2D eigenvalue weighted by Gasteiger charge is -2.30. The highest BCUT2D eigenvalue weighted by atomic mass is 32.2. The van der Waals surface area contributed by atoms with Gasteiger partial charge in [-0.15, -0.1) is 0 Å². The highest BCUT2D eigenvalue weighted by molar-refractivity contribution is 8.14. The van der Waals surface area contributed by atoms with Gasteiger partial charge in [-0.3, -0.25) is 37.3 Å². The van der Waals surface area contributed by atoms with Crippen molar-refractivity contribution in [2.45, 2.75) is 84.0 Å². The molecule has 0 aliphatic carbocycles. The third kappa shape index (κ3) is 17.2. The van der Waals surface area contributed by atoms with Crippen LogP contribution < -0.4 is 16.4 Å². The monoisotopic (exact) mass is 961 g/mol. The SMILES string of the molecule is CC(C)=CCC/C(=C/C(=O)SCCNC(=O)CCNC(=O)[C@H](O)C(C)(C)COP(=O)(O)OP(=O)(O)OC[C@H]1O[C@@H](n2cnc3c(N)ncnc32)[C@H](O)[C@@H]1OP(=O)(O)O)CC(=O)O. The second-order valence-electron chi connectivity index (χ2n) is 14.4. The van der Waals surface area contributed by atoms with Crippen LogP contribution in [0.2, 0.25) is 0 Å². The zero-order chi connectivity index (χ0) is 46.6. The number of hydrogen-bond acceptors (Lipinski definition) is 19. The smallest absolute Gasteiger partial charge is 0.481 e. The lowest BCUT2D eigenvalue weighted by atomic mass is 9.87. The van der Waals surface area contributed by atoms with E-state index >= 15 is 0 Å². The van der Waals surface area contributed by atoms with Gasteiger partial charge in [0.15, 0.2) is 17.7 Å². The van der Waals surface area contributed by atoms with Gasteiger partial charge >= 0.3 is 29.4 Å². The molecule has 2 amide bonds. The number of thioether (sulfide) groups is 1. The summed E-state index contributed by atoms with van der Waals surface area (Å²) in [5, 5.41) is 35.1. The van der Waals surface area contributed by atoms with Crippen LogP contribution in [-0.4, -0.2) is 134 Å². The Kier molecular flexibility index (Phi) is 19.5. The van der Waals surface area contributed by atoms with E-state index in [0.717, 1.165) is 34.6 Å². The minimum Gasteiger partial charge on any atom is -0.481 e. The molecule has 2 aromatic rings. The van der Waals surface area contributed by atoms with Crippen LogP contribution in [0.4, 0.5) is 5.82 Å². The van der Waals surface area contributed by atoms with Crippen LogP contribution in [0.15, 0.2) is 36.0 Å². The van der Waals surface area contributed by atoms with Crippen LogP contribution in [0.5, 0.6) is 0 Å². The van der Waals surface area contributed by atoms with Gasteiger partial charge in [0.25, 0.3) is 0 Å². The molecular weight excluding hydrogens is 911 g/mol. The van der Waals surface area contributed by atoms with E-state index in [0.29, 0.717) is 18.4 Å². The van der Waals surface area contributed by atoms with E-state index in [1.165, 1.54) is 19.9 Å². The number of amides is 2. The zero-order valence-corrected chi connectivity index (χ0v) is 37.2. The number of anilines is 1. The third-order valence-electron chi connectivity index (χ3n) is 8.46. The van der Waals surface area contributed by atoms with Gasteiger partial charge in [-0.2, -0.15) is 4.31 Å². The van der Waals surface area contributed by atoms with Crippen molar-refractivity contribution in [1.82, 2.24) is 30.2 Å². The van der Waals surface area contributed by atoms with Crippen LogP contribution in [0.1, 0.15) is 59.6 Å². The molecule has 0 spiro atoms. The predicted octanol–water partition coefficient (Wildman–Crippen LogP) is 0.812. The summed E-state index contributed by atoms with van der Waals surface area (Å²) in [5.41, 5.74) is 5.73. The first-order chi connectivity index (χ1) is 28.7. The maximum atomic E-state index is 12.7. The third-order valence-corrected chi connectivity index (χ3v) is 12.4. The Morgan fingerprint density at radius 2 is 1.71 bits per heavy atom. The van der Waals surface area contributed by atoms with E-state index in [4.69, 9.17) is 24.6 Å². The number of aliphatic hydroxyl groups is 2. The largest absolute Gasteiger partial charge is 0.481 e. The molecule has 11 N–H and O–H groups in total. The highest BCUT2D eigenvalue weighted by Crippen LogP contribution is 2.61. The molecule has 0 radical (unpaired) electrons. The first kappa shape index (κ1) is 52.9. The van der Waals surface area contributed by atoms with Crippen molar-refractivity contribution in [3.8, 4) is 0 Å². The summed E-state index contributed by atoms with van der Waals surface area (Å²) >= 11 is 0.881. The molecule has 30 heteroatoms. The van der Waals surface area contributed by atoms with Gasteiger partial charge in [-0.1, -0.05) is 42.8 Å². The van der Waals surface area contributed by atoms with Crippen LogP contribution in [-0.2, 0) is 55.5 Å². The Hall–Kier alpha value is -3.49. The number of carboxylic acids is 1. The number of ether oxygens (including phenoxy) is 1. The van der Waals surface area contributed by atoms with E-state index in [1.807, 2.05) is 19.9 Å². The molecule has 3 rings (SSSR count). The van der Waals surface area contributed by atoms with Gasteiger partial charge in [-0.05, 0) is 32.8 Å². The molecule has 1 saturated heterocycles. The number of nitrogens with one attached hydrogen (secondary N) is 2. The van der Waals surface area contributed by atoms with Gasteiger partial charge < -0.3 is 56.0 Å². The number of allylic oxidation sites excluding steroid dienone is 2.